The van der Waals surface area contributed by atoms with E-state index in [1.54, 1.807) is 30.4 Å². The molecule has 14 heteroatoms. The summed E-state index contributed by atoms with van der Waals surface area (Å²) in [6.07, 6.45) is 1.85. The normalized spacial score (nSPS) is 13.4. The summed E-state index contributed by atoms with van der Waals surface area (Å²) in [7, 11) is 1.64. The first-order valence-electron chi connectivity index (χ1n) is 13.5. The van der Waals surface area contributed by atoms with E-state index < -0.39 is 12.1 Å². The molecule has 0 radical (unpaired) electrons. The Kier molecular flexibility index (Phi) is 8.51. The van der Waals surface area contributed by atoms with Crippen molar-refractivity contribution >= 4 is 23.1 Å². The van der Waals surface area contributed by atoms with Crippen molar-refractivity contribution in [1.29, 1.82) is 0 Å². The molecule has 0 atom stereocenters. The SMILES string of the molecule is COc1cccc(-n2nccc2-c2nc(C(=O)N3CCN(c4ccc(C)cc4)CC3)c3cnccn23)c1.O=C(O)C(F)(F)F. The molecule has 1 fully saturated rings. The van der Waals surface area contributed by atoms with Gasteiger partial charge in [-0.2, -0.15) is 18.3 Å². The highest BCUT2D eigenvalue weighted by Crippen LogP contribution is 2.27. The number of nitrogens with zero attached hydrogens (tertiary/aromatic N) is 7. The number of imidazole rings is 1. The molecule has 3 aromatic heterocycles. The van der Waals surface area contributed by atoms with Gasteiger partial charge in [0, 0.05) is 50.3 Å². The number of fused-ring (bicyclic) bond motifs is 1. The van der Waals surface area contributed by atoms with Gasteiger partial charge in [0.15, 0.2) is 11.5 Å². The van der Waals surface area contributed by atoms with E-state index in [1.165, 1.54) is 11.3 Å². The maximum atomic E-state index is 13.7. The van der Waals surface area contributed by atoms with Crippen molar-refractivity contribution < 1.29 is 32.6 Å². The molecule has 6 rings (SSSR count). The number of carboxylic acids is 1. The summed E-state index contributed by atoms with van der Waals surface area (Å²) in [6, 6.07) is 18.1. The van der Waals surface area contributed by atoms with Gasteiger partial charge < -0.3 is 19.6 Å². The van der Waals surface area contributed by atoms with Gasteiger partial charge in [0.2, 0.25) is 0 Å². The number of methoxy groups -OCH3 is 1. The monoisotopic (exact) mass is 607 g/mol. The first kappa shape index (κ1) is 30.1. The van der Waals surface area contributed by atoms with Crippen molar-refractivity contribution in [2.24, 2.45) is 0 Å². The lowest BCUT2D eigenvalue weighted by Crippen LogP contribution is -2.49. The van der Waals surface area contributed by atoms with E-state index in [2.05, 4.69) is 46.2 Å². The number of alkyl halides is 3. The summed E-state index contributed by atoms with van der Waals surface area (Å²) < 4.78 is 40.8. The quantitative estimate of drug-likeness (QED) is 0.311. The van der Waals surface area contributed by atoms with Crippen LogP contribution in [0.15, 0.2) is 79.4 Å². The molecule has 1 N–H and O–H groups in total. The second kappa shape index (κ2) is 12.5. The van der Waals surface area contributed by atoms with Crippen LogP contribution in [0.25, 0.3) is 22.7 Å². The Morgan fingerprint density at radius 1 is 0.955 bits per heavy atom. The Balaban J connectivity index is 0.000000493. The number of amides is 1. The lowest BCUT2D eigenvalue weighted by atomic mass is 10.2. The fraction of sp³-hybridized carbons (Fsp3) is 0.233. The number of carboxylic acid groups (broad SMARTS) is 1. The maximum absolute atomic E-state index is 13.7. The van der Waals surface area contributed by atoms with Gasteiger partial charge in [0.25, 0.3) is 5.91 Å². The molecule has 1 amide bonds. The molecule has 0 unspecified atom stereocenters. The van der Waals surface area contributed by atoms with Crippen molar-refractivity contribution in [2.75, 3.05) is 38.2 Å². The minimum Gasteiger partial charge on any atom is -0.497 e. The number of hydrogen-bond acceptors (Lipinski definition) is 7. The zero-order chi connectivity index (χ0) is 31.4. The molecule has 0 saturated carbocycles. The number of carbonyl (C=O) groups is 2. The van der Waals surface area contributed by atoms with Gasteiger partial charge in [-0.1, -0.05) is 23.8 Å². The van der Waals surface area contributed by atoms with Gasteiger partial charge in [-0.05, 0) is 37.3 Å². The molecule has 5 aromatic rings. The third-order valence-corrected chi connectivity index (χ3v) is 7.03. The summed E-state index contributed by atoms with van der Waals surface area (Å²) in [4.78, 5) is 35.9. The topological polar surface area (TPSA) is 118 Å². The molecule has 0 bridgehead atoms. The highest BCUT2D eigenvalue weighted by Gasteiger charge is 2.38. The van der Waals surface area contributed by atoms with Crippen LogP contribution in [0.2, 0.25) is 0 Å². The van der Waals surface area contributed by atoms with Crippen LogP contribution in [0.4, 0.5) is 18.9 Å². The lowest BCUT2D eigenvalue weighted by molar-refractivity contribution is -0.192. The number of ether oxygens (including phenoxy) is 1. The van der Waals surface area contributed by atoms with Crippen LogP contribution < -0.4 is 9.64 Å². The number of piperazine rings is 1. The van der Waals surface area contributed by atoms with E-state index in [0.29, 0.717) is 30.1 Å². The molecule has 4 heterocycles. The summed E-state index contributed by atoms with van der Waals surface area (Å²) in [5.74, 6) is -1.49. The van der Waals surface area contributed by atoms with Gasteiger partial charge >= 0.3 is 12.1 Å². The number of halogens is 3. The smallest absolute Gasteiger partial charge is 0.490 e. The maximum Gasteiger partial charge on any atom is 0.490 e. The zero-order valence-electron chi connectivity index (χ0n) is 23.8. The van der Waals surface area contributed by atoms with Gasteiger partial charge in [-0.25, -0.2) is 14.5 Å². The molecule has 44 heavy (non-hydrogen) atoms. The van der Waals surface area contributed by atoms with Crippen molar-refractivity contribution in [1.82, 2.24) is 29.0 Å². The Morgan fingerprint density at radius 3 is 2.32 bits per heavy atom. The van der Waals surface area contributed by atoms with Crippen LogP contribution in [0.1, 0.15) is 16.1 Å². The molecule has 2 aromatic carbocycles. The number of benzene rings is 2. The van der Waals surface area contributed by atoms with E-state index in [4.69, 9.17) is 19.6 Å². The average molecular weight is 608 g/mol. The van der Waals surface area contributed by atoms with Crippen LogP contribution in [0, 0.1) is 6.92 Å². The third-order valence-electron chi connectivity index (χ3n) is 7.03. The van der Waals surface area contributed by atoms with Gasteiger partial charge in [0.05, 0.1) is 30.7 Å². The Bertz CT molecular complexity index is 1780. The molecule has 1 saturated heterocycles. The standard InChI is InChI=1S/C28H27N7O2.C2HF3O2/c1-20-6-8-21(9-7-20)32-14-16-33(17-15-32)28(36)26-25-19-29-12-13-34(25)27(31-26)24-10-11-30-35(24)22-4-3-5-23(18-22)37-2;3-2(4,5)1(6)7/h3-13,18-19H,14-17H2,1-2H3;(H,6,7). The molecule has 0 aliphatic carbocycles. The van der Waals surface area contributed by atoms with Crippen LogP contribution in [-0.2, 0) is 4.79 Å². The van der Waals surface area contributed by atoms with Gasteiger partial charge in [-0.15, -0.1) is 0 Å². The van der Waals surface area contributed by atoms with Gasteiger partial charge in [-0.3, -0.25) is 14.2 Å². The minimum atomic E-state index is -5.08. The largest absolute Gasteiger partial charge is 0.497 e. The molecule has 11 nitrogen and oxygen atoms in total. The van der Waals surface area contributed by atoms with Crippen LogP contribution >= 0.6 is 0 Å². The molecule has 0 spiro atoms. The fourth-order valence-corrected chi connectivity index (χ4v) is 4.77. The van der Waals surface area contributed by atoms with E-state index in [0.717, 1.165) is 30.2 Å². The van der Waals surface area contributed by atoms with E-state index in [9.17, 15) is 18.0 Å². The Morgan fingerprint density at radius 2 is 1.66 bits per heavy atom. The van der Waals surface area contributed by atoms with Crippen molar-refractivity contribution in [2.45, 2.75) is 13.1 Å². The predicted molar refractivity (Wildman–Crippen MR) is 155 cm³/mol. The number of hydrogen-bond donors (Lipinski definition) is 1. The van der Waals surface area contributed by atoms with E-state index in [1.807, 2.05) is 45.8 Å². The first-order chi connectivity index (χ1) is 21.1. The second-order valence-electron chi connectivity index (χ2n) is 9.86. The molecule has 228 valence electrons. The zero-order valence-corrected chi connectivity index (χ0v) is 23.8. The predicted octanol–water partition coefficient (Wildman–Crippen LogP) is 4.49. The van der Waals surface area contributed by atoms with Crippen LogP contribution in [0.5, 0.6) is 5.75 Å². The highest BCUT2D eigenvalue weighted by atomic mass is 19.4. The molecular weight excluding hydrogens is 579 g/mol. The first-order valence-corrected chi connectivity index (χ1v) is 13.5. The Hall–Kier alpha value is -5.40. The van der Waals surface area contributed by atoms with Crippen LogP contribution in [-0.4, -0.2) is 85.5 Å². The fourth-order valence-electron chi connectivity index (χ4n) is 4.77. The summed E-state index contributed by atoms with van der Waals surface area (Å²) in [6.45, 7) is 4.89. The molecular formula is C30H28F3N7O4. The third kappa shape index (κ3) is 6.33. The van der Waals surface area contributed by atoms with Gasteiger partial charge in [0.1, 0.15) is 11.4 Å². The molecule has 1 aliphatic rings. The lowest BCUT2D eigenvalue weighted by Gasteiger charge is -2.36. The number of aryl methyl sites for hydroxylation is 1. The van der Waals surface area contributed by atoms with E-state index in [-0.39, 0.29) is 5.91 Å². The number of aliphatic carboxylic acids is 1. The number of carbonyl (C=O) groups excluding carboxylic acids is 1. The van der Waals surface area contributed by atoms with Crippen molar-refractivity contribution in [3.63, 3.8) is 0 Å². The van der Waals surface area contributed by atoms with Crippen molar-refractivity contribution in [3.05, 3.63) is 90.6 Å². The number of rotatable bonds is 5. The minimum absolute atomic E-state index is 0.0900. The van der Waals surface area contributed by atoms with E-state index >= 15 is 0 Å². The summed E-state index contributed by atoms with van der Waals surface area (Å²) in [5.41, 5.74) is 5.08. The second-order valence-corrected chi connectivity index (χ2v) is 9.86. The number of aromatic nitrogens is 5. The molecule has 1 aliphatic heterocycles. The average Bonchev–Trinajstić information content (AvgIpc) is 3.66. The summed E-state index contributed by atoms with van der Waals surface area (Å²) >= 11 is 0. The number of anilines is 1. The summed E-state index contributed by atoms with van der Waals surface area (Å²) in [5, 5.41) is 11.6. The van der Waals surface area contributed by atoms with Crippen LogP contribution in [0.3, 0.4) is 0 Å². The van der Waals surface area contributed by atoms with Crippen molar-refractivity contribution in [3.8, 4) is 23.0 Å². The Labute approximate surface area is 249 Å². The highest BCUT2D eigenvalue weighted by molar-refractivity contribution is 6.00.